The minimum atomic E-state index is -3.57. The summed E-state index contributed by atoms with van der Waals surface area (Å²) in [6.45, 7) is 0. The number of nitrogens with one attached hydrogen (secondary N) is 3. The molecule has 1 aliphatic rings. The highest BCUT2D eigenvalue weighted by Crippen LogP contribution is 2.47. The van der Waals surface area contributed by atoms with Crippen LogP contribution in [0.25, 0.3) is 0 Å². The fourth-order valence-electron chi connectivity index (χ4n) is 2.76. The summed E-state index contributed by atoms with van der Waals surface area (Å²) in [6.07, 6.45) is 3.01. The first-order chi connectivity index (χ1) is 14.4. The van der Waals surface area contributed by atoms with Gasteiger partial charge in [-0.05, 0) is 25.0 Å². The third kappa shape index (κ3) is 4.85. The Labute approximate surface area is 173 Å². The number of para-hydroxylation sites is 1. The first-order valence-electron chi connectivity index (χ1n) is 9.14. The Hall–Kier alpha value is -2.78. The lowest BCUT2D eigenvalue weighted by Gasteiger charge is -2.19. The molecule has 0 bridgehead atoms. The van der Waals surface area contributed by atoms with Crippen molar-refractivity contribution in [3.63, 3.8) is 0 Å². The molecule has 10 nitrogen and oxygen atoms in total. The maximum Gasteiger partial charge on any atom is 0.362 e. The van der Waals surface area contributed by atoms with Gasteiger partial charge in [-0.25, -0.2) is 10.5 Å². The van der Waals surface area contributed by atoms with E-state index in [4.69, 9.17) is 13.9 Å². The van der Waals surface area contributed by atoms with Crippen LogP contribution in [0.1, 0.15) is 23.2 Å². The van der Waals surface area contributed by atoms with Crippen molar-refractivity contribution in [3.8, 4) is 0 Å². The lowest BCUT2D eigenvalue weighted by atomic mass is 10.2. The van der Waals surface area contributed by atoms with Gasteiger partial charge in [-0.2, -0.15) is 0 Å². The number of hydrogen-bond donors (Lipinski definition) is 3. The predicted molar refractivity (Wildman–Crippen MR) is 111 cm³/mol. The molecule has 0 spiro atoms. The summed E-state index contributed by atoms with van der Waals surface area (Å²) >= 11 is 0. The van der Waals surface area contributed by atoms with Crippen LogP contribution >= 0.6 is 7.60 Å². The van der Waals surface area contributed by atoms with Crippen molar-refractivity contribution in [2.24, 2.45) is 5.92 Å². The van der Waals surface area contributed by atoms with Crippen molar-refractivity contribution in [2.75, 3.05) is 32.0 Å². The molecule has 1 aliphatic carbocycles. The van der Waals surface area contributed by atoms with Crippen LogP contribution in [0, 0.1) is 5.92 Å². The Kier molecular flexibility index (Phi) is 6.84. The Bertz CT molecular complexity index is 987. The minimum absolute atomic E-state index is 0.00492. The van der Waals surface area contributed by atoms with Crippen molar-refractivity contribution in [3.05, 3.63) is 42.1 Å². The maximum atomic E-state index is 12.9. The van der Waals surface area contributed by atoms with E-state index in [0.29, 0.717) is 11.4 Å². The summed E-state index contributed by atoms with van der Waals surface area (Å²) in [7, 11) is 0.315. The number of anilines is 3. The maximum absolute atomic E-state index is 12.9. The van der Waals surface area contributed by atoms with Gasteiger partial charge in [0.15, 0.2) is 0 Å². The van der Waals surface area contributed by atoms with Gasteiger partial charge in [0.2, 0.25) is 5.91 Å². The molecule has 0 saturated heterocycles. The van der Waals surface area contributed by atoms with E-state index in [9.17, 15) is 14.2 Å². The average Bonchev–Trinajstić information content (AvgIpc) is 3.59. The molecule has 3 N–H and O–H groups in total. The summed E-state index contributed by atoms with van der Waals surface area (Å²) in [5.74, 6) is -0.393. The predicted octanol–water partition coefficient (Wildman–Crippen LogP) is 2.58. The van der Waals surface area contributed by atoms with E-state index in [1.165, 1.54) is 33.6 Å². The highest BCUT2D eigenvalue weighted by molar-refractivity contribution is 7.62. The molecule has 2 amide bonds. The molecule has 30 heavy (non-hydrogen) atoms. The topological polar surface area (TPSA) is 128 Å². The van der Waals surface area contributed by atoms with Crippen LogP contribution < -0.4 is 21.4 Å². The third-order valence-corrected chi connectivity index (χ3v) is 6.43. The molecular weight excluding hydrogens is 411 g/mol. The van der Waals surface area contributed by atoms with Gasteiger partial charge in [-0.15, -0.1) is 0 Å². The molecule has 0 unspecified atom stereocenters. The van der Waals surface area contributed by atoms with Crippen LogP contribution in [0.2, 0.25) is 0 Å². The van der Waals surface area contributed by atoms with E-state index in [1.807, 2.05) is 0 Å². The second kappa shape index (κ2) is 9.36. The number of pyridine rings is 1. The molecule has 0 atom stereocenters. The normalized spacial score (nSPS) is 13.6. The third-order valence-electron chi connectivity index (χ3n) is 4.49. The van der Waals surface area contributed by atoms with Gasteiger partial charge >= 0.3 is 7.60 Å². The number of rotatable bonds is 9. The largest absolute Gasteiger partial charge is 0.362 e. The number of amides is 2. The van der Waals surface area contributed by atoms with Crippen LogP contribution in [0.5, 0.6) is 0 Å². The van der Waals surface area contributed by atoms with E-state index >= 15 is 0 Å². The number of hydroxylamine groups is 1. The zero-order chi connectivity index (χ0) is 21.7. The van der Waals surface area contributed by atoms with Crippen LogP contribution in [0.4, 0.5) is 17.2 Å². The summed E-state index contributed by atoms with van der Waals surface area (Å²) in [6, 6.07) is 8.21. The monoisotopic (exact) mass is 434 g/mol. The smallest absolute Gasteiger partial charge is 0.354 e. The summed E-state index contributed by atoms with van der Waals surface area (Å²) in [4.78, 5) is 33.3. The van der Waals surface area contributed by atoms with Gasteiger partial charge in [0.25, 0.3) is 5.91 Å². The Morgan fingerprint density at radius 3 is 2.43 bits per heavy atom. The van der Waals surface area contributed by atoms with Crippen LogP contribution in [-0.2, 0) is 23.2 Å². The molecule has 2 aromatic rings. The summed E-state index contributed by atoms with van der Waals surface area (Å²) in [5.41, 5.74) is 3.11. The highest BCUT2D eigenvalue weighted by Gasteiger charge is 2.30. The second-order valence-electron chi connectivity index (χ2n) is 6.52. The Morgan fingerprint density at radius 2 is 1.80 bits per heavy atom. The van der Waals surface area contributed by atoms with Gasteiger partial charge < -0.3 is 19.7 Å². The molecule has 11 heteroatoms. The number of carbonyl (C=O) groups is 2. The minimum Gasteiger partial charge on any atom is -0.354 e. The Balaban J connectivity index is 1.99. The number of carbonyl (C=O) groups excluding carboxylic acids is 2. The van der Waals surface area contributed by atoms with Crippen molar-refractivity contribution < 1.29 is 28.0 Å². The van der Waals surface area contributed by atoms with E-state index in [2.05, 4.69) is 21.1 Å². The number of nitrogens with zero attached hydrogens (tertiary/aromatic N) is 1. The fourth-order valence-corrected chi connectivity index (χ4v) is 4.00. The lowest BCUT2D eigenvalue weighted by Crippen LogP contribution is -2.24. The van der Waals surface area contributed by atoms with Gasteiger partial charge in [-0.3, -0.25) is 19.0 Å². The summed E-state index contributed by atoms with van der Waals surface area (Å²) in [5, 5.41) is 6.10. The zero-order valence-electron chi connectivity index (χ0n) is 16.8. The van der Waals surface area contributed by atoms with Gasteiger partial charge in [0.1, 0.15) is 5.82 Å². The van der Waals surface area contributed by atoms with Crippen molar-refractivity contribution in [1.29, 1.82) is 0 Å². The van der Waals surface area contributed by atoms with Crippen molar-refractivity contribution >= 4 is 41.9 Å². The summed E-state index contributed by atoms with van der Waals surface area (Å²) < 4.78 is 23.1. The van der Waals surface area contributed by atoms with Gasteiger partial charge in [0.05, 0.1) is 29.4 Å². The van der Waals surface area contributed by atoms with Crippen LogP contribution in [0.15, 0.2) is 36.5 Å². The number of aromatic nitrogens is 1. The quantitative estimate of drug-likeness (QED) is 0.406. The number of benzene rings is 1. The van der Waals surface area contributed by atoms with E-state index in [1.54, 1.807) is 24.3 Å². The second-order valence-corrected chi connectivity index (χ2v) is 8.73. The first-order valence-corrected chi connectivity index (χ1v) is 10.7. The standard InChI is InChI=1S/C19H23N4O6P/c1-27-23-19(25)13-11-20-17(22-18(24)12-8-9-12)10-15(13)21-14-6-4-5-7-16(14)30(26,28-2)29-3/h4-7,10-12H,8-9H2,1-3H3,(H,23,25)(H2,20,21,22,24). The molecular formula is C19H23N4O6P. The van der Waals surface area contributed by atoms with Crippen LogP contribution in [-0.4, -0.2) is 38.1 Å². The molecule has 1 heterocycles. The highest BCUT2D eigenvalue weighted by atomic mass is 31.2. The fraction of sp³-hybridized carbons (Fsp3) is 0.316. The van der Waals surface area contributed by atoms with Crippen molar-refractivity contribution in [1.82, 2.24) is 10.5 Å². The molecule has 1 fully saturated rings. The van der Waals surface area contributed by atoms with E-state index in [0.717, 1.165) is 12.8 Å². The molecule has 0 radical (unpaired) electrons. The molecule has 160 valence electrons. The molecule has 0 aliphatic heterocycles. The zero-order valence-corrected chi connectivity index (χ0v) is 17.7. The molecule has 3 rings (SSSR count). The first kappa shape index (κ1) is 21.9. The molecule has 1 aromatic heterocycles. The number of hydrogen-bond acceptors (Lipinski definition) is 8. The van der Waals surface area contributed by atoms with Gasteiger partial charge in [-0.1, -0.05) is 12.1 Å². The van der Waals surface area contributed by atoms with Crippen LogP contribution in [0.3, 0.4) is 0 Å². The van der Waals surface area contributed by atoms with E-state index in [-0.39, 0.29) is 28.5 Å². The van der Waals surface area contributed by atoms with E-state index < -0.39 is 13.5 Å². The average molecular weight is 434 g/mol. The molecule has 1 aromatic carbocycles. The molecule has 1 saturated carbocycles. The lowest BCUT2D eigenvalue weighted by molar-refractivity contribution is -0.117. The van der Waals surface area contributed by atoms with Crippen molar-refractivity contribution in [2.45, 2.75) is 12.8 Å². The SMILES string of the molecule is CONC(=O)c1cnc(NC(=O)C2CC2)cc1Nc1ccccc1P(=O)(OC)OC. The Morgan fingerprint density at radius 1 is 1.10 bits per heavy atom. The van der Waals surface area contributed by atoms with Gasteiger partial charge in [0, 0.05) is 32.4 Å².